The van der Waals surface area contributed by atoms with Gasteiger partial charge in [-0.15, -0.1) is 11.3 Å². The van der Waals surface area contributed by atoms with Gasteiger partial charge in [0.05, 0.1) is 4.90 Å². The molecule has 3 heterocycles. The van der Waals surface area contributed by atoms with Crippen molar-refractivity contribution < 1.29 is 12.8 Å². The van der Waals surface area contributed by atoms with E-state index in [0.717, 1.165) is 17.8 Å². The van der Waals surface area contributed by atoms with Crippen molar-refractivity contribution in [1.82, 2.24) is 24.5 Å². The van der Waals surface area contributed by atoms with Crippen LogP contribution < -0.4 is 16.0 Å². The van der Waals surface area contributed by atoms with E-state index in [-0.39, 0.29) is 27.6 Å². The second-order valence-corrected chi connectivity index (χ2v) is 11.5. The maximum atomic E-state index is 14.7. The highest BCUT2D eigenvalue weighted by Crippen LogP contribution is 2.30. The summed E-state index contributed by atoms with van der Waals surface area (Å²) in [6.07, 6.45) is 3.23. The summed E-state index contributed by atoms with van der Waals surface area (Å²) in [7, 11) is -3.87. The normalized spacial score (nSPS) is 12.6. The number of imidazole rings is 1. The Hall–Kier alpha value is -4.10. The fourth-order valence-corrected chi connectivity index (χ4v) is 6.12. The SMILES string of the molecule is CCCCn1c(=O)[nH]c(=O)c2[nH]c(C(Cc3ccccc3F)c3ccc(S(=O)(=O)Nc4nccs4)cc3)nc21. The van der Waals surface area contributed by atoms with Gasteiger partial charge in [0.15, 0.2) is 10.8 Å². The van der Waals surface area contributed by atoms with E-state index in [1.165, 1.54) is 29.0 Å². The Morgan fingerprint density at radius 2 is 1.87 bits per heavy atom. The number of aryl methyl sites for hydroxylation is 1. The molecule has 5 aromatic rings. The molecule has 0 saturated carbocycles. The molecule has 0 bridgehead atoms. The van der Waals surface area contributed by atoms with Crippen molar-refractivity contribution >= 4 is 37.7 Å². The third-order valence-corrected chi connectivity index (χ3v) is 8.52. The first-order chi connectivity index (χ1) is 18.8. The number of rotatable bonds is 10. The number of hydrogen-bond donors (Lipinski definition) is 3. The monoisotopic (exact) mass is 568 g/mol. The van der Waals surface area contributed by atoms with E-state index in [0.29, 0.717) is 29.9 Å². The predicted molar refractivity (Wildman–Crippen MR) is 147 cm³/mol. The zero-order valence-corrected chi connectivity index (χ0v) is 22.5. The van der Waals surface area contributed by atoms with Crippen molar-refractivity contribution in [1.29, 1.82) is 0 Å². The maximum absolute atomic E-state index is 14.7. The van der Waals surface area contributed by atoms with Crippen LogP contribution in [0.3, 0.4) is 0 Å². The van der Waals surface area contributed by atoms with Crippen molar-refractivity contribution in [3.63, 3.8) is 0 Å². The van der Waals surface area contributed by atoms with Crippen LogP contribution in [0.25, 0.3) is 11.2 Å². The number of fused-ring (bicyclic) bond motifs is 1. The van der Waals surface area contributed by atoms with Crippen LogP contribution in [0.1, 0.15) is 42.6 Å². The van der Waals surface area contributed by atoms with Crippen molar-refractivity contribution in [3.05, 3.63) is 104 Å². The van der Waals surface area contributed by atoms with Gasteiger partial charge in [-0.25, -0.2) is 27.6 Å². The van der Waals surface area contributed by atoms with Crippen LogP contribution >= 0.6 is 11.3 Å². The molecule has 3 aromatic heterocycles. The highest BCUT2D eigenvalue weighted by Gasteiger charge is 2.24. The quantitative estimate of drug-likeness (QED) is 0.233. The van der Waals surface area contributed by atoms with E-state index >= 15 is 0 Å². The number of hydrogen-bond acceptors (Lipinski definition) is 7. The lowest BCUT2D eigenvalue weighted by atomic mass is 9.91. The molecule has 0 fully saturated rings. The van der Waals surface area contributed by atoms with Crippen LogP contribution in [-0.4, -0.2) is 32.9 Å². The van der Waals surface area contributed by atoms with Gasteiger partial charge in [0.1, 0.15) is 17.2 Å². The second kappa shape index (κ2) is 10.9. The van der Waals surface area contributed by atoms with E-state index in [1.54, 1.807) is 35.7 Å². The number of benzene rings is 2. The Morgan fingerprint density at radius 3 is 2.56 bits per heavy atom. The molecule has 0 aliphatic rings. The maximum Gasteiger partial charge on any atom is 0.330 e. The van der Waals surface area contributed by atoms with Crippen LogP contribution in [0.5, 0.6) is 0 Å². The minimum atomic E-state index is -3.87. The first-order valence-electron chi connectivity index (χ1n) is 12.2. The van der Waals surface area contributed by atoms with E-state index in [1.807, 2.05) is 6.92 Å². The van der Waals surface area contributed by atoms with Gasteiger partial charge in [0.25, 0.3) is 15.6 Å². The lowest BCUT2D eigenvalue weighted by Crippen LogP contribution is -2.30. The van der Waals surface area contributed by atoms with Crippen molar-refractivity contribution in [2.45, 2.75) is 43.5 Å². The van der Waals surface area contributed by atoms with Gasteiger partial charge < -0.3 is 4.98 Å². The number of aromatic nitrogens is 5. The van der Waals surface area contributed by atoms with Crippen molar-refractivity contribution in [3.8, 4) is 0 Å². The number of nitrogens with zero attached hydrogens (tertiary/aromatic N) is 3. The fourth-order valence-electron chi connectivity index (χ4n) is 4.33. The van der Waals surface area contributed by atoms with E-state index < -0.39 is 33.0 Å². The van der Waals surface area contributed by atoms with Gasteiger partial charge in [-0.1, -0.05) is 43.7 Å². The topological polar surface area (TPSA) is 143 Å². The molecule has 0 amide bonds. The van der Waals surface area contributed by atoms with Crippen molar-refractivity contribution in [2.75, 3.05) is 4.72 Å². The van der Waals surface area contributed by atoms with Crippen LogP contribution in [0, 0.1) is 5.82 Å². The molecule has 0 aliphatic heterocycles. The lowest BCUT2D eigenvalue weighted by Gasteiger charge is -2.16. The highest BCUT2D eigenvalue weighted by molar-refractivity contribution is 7.93. The molecule has 2 aromatic carbocycles. The summed E-state index contributed by atoms with van der Waals surface area (Å²) in [6.45, 7) is 2.37. The smallest absolute Gasteiger partial charge is 0.330 e. The van der Waals surface area contributed by atoms with Crippen LogP contribution in [0.4, 0.5) is 9.52 Å². The summed E-state index contributed by atoms with van der Waals surface area (Å²) < 4.78 is 44.2. The van der Waals surface area contributed by atoms with Gasteiger partial charge in [-0.2, -0.15) is 0 Å². The molecule has 0 spiro atoms. The molecule has 3 N–H and O–H groups in total. The molecular formula is C26H25FN6O4S2. The molecule has 0 aliphatic carbocycles. The van der Waals surface area contributed by atoms with Gasteiger partial charge in [0.2, 0.25) is 0 Å². The summed E-state index contributed by atoms with van der Waals surface area (Å²) >= 11 is 1.16. The van der Waals surface area contributed by atoms with Gasteiger partial charge in [-0.3, -0.25) is 19.1 Å². The minimum absolute atomic E-state index is 0.0283. The Bertz CT molecular complexity index is 1830. The highest BCUT2D eigenvalue weighted by atomic mass is 32.2. The first kappa shape index (κ1) is 26.5. The number of aromatic amines is 2. The zero-order valence-electron chi connectivity index (χ0n) is 20.8. The third-order valence-electron chi connectivity index (χ3n) is 6.35. The summed E-state index contributed by atoms with van der Waals surface area (Å²) in [5, 5.41) is 1.91. The third kappa shape index (κ3) is 5.54. The van der Waals surface area contributed by atoms with Crippen LogP contribution in [0.15, 0.2) is 74.6 Å². The van der Waals surface area contributed by atoms with Gasteiger partial charge in [0, 0.05) is 24.0 Å². The molecule has 0 saturated heterocycles. The molecule has 5 rings (SSSR count). The number of nitrogens with one attached hydrogen (secondary N) is 3. The second-order valence-electron chi connectivity index (χ2n) is 8.95. The van der Waals surface area contributed by atoms with E-state index in [9.17, 15) is 22.4 Å². The Labute approximate surface area is 226 Å². The summed E-state index contributed by atoms with van der Waals surface area (Å²) in [6, 6.07) is 12.5. The van der Waals surface area contributed by atoms with Crippen LogP contribution in [-0.2, 0) is 23.0 Å². The molecule has 0 radical (unpaired) electrons. The zero-order chi connectivity index (χ0) is 27.6. The molecule has 202 valence electrons. The summed E-state index contributed by atoms with van der Waals surface area (Å²) in [5.41, 5.74) is 0.281. The number of unbranched alkanes of at least 4 members (excludes halogenated alkanes) is 1. The number of sulfonamides is 1. The molecule has 1 atom stereocenters. The molecule has 1 unspecified atom stereocenters. The Balaban J connectivity index is 1.58. The largest absolute Gasteiger partial charge is 0.336 e. The predicted octanol–water partition coefficient (Wildman–Crippen LogP) is 3.98. The van der Waals surface area contributed by atoms with Crippen molar-refractivity contribution in [2.24, 2.45) is 0 Å². The number of H-pyrrole nitrogens is 2. The molecular weight excluding hydrogens is 543 g/mol. The Kier molecular flexibility index (Phi) is 7.44. The Morgan fingerprint density at radius 1 is 1.10 bits per heavy atom. The number of halogens is 1. The summed E-state index contributed by atoms with van der Waals surface area (Å²) in [4.78, 5) is 39.1. The van der Waals surface area contributed by atoms with Crippen LogP contribution in [0.2, 0.25) is 0 Å². The minimum Gasteiger partial charge on any atom is -0.336 e. The molecule has 10 nitrogen and oxygen atoms in total. The lowest BCUT2D eigenvalue weighted by molar-refractivity contribution is 0.598. The average molecular weight is 569 g/mol. The molecule has 39 heavy (non-hydrogen) atoms. The fraction of sp³-hybridized carbons (Fsp3) is 0.231. The average Bonchev–Trinajstić information content (AvgIpc) is 3.58. The van der Waals surface area contributed by atoms with E-state index in [4.69, 9.17) is 0 Å². The number of anilines is 1. The van der Waals surface area contributed by atoms with Gasteiger partial charge >= 0.3 is 5.69 Å². The molecule has 13 heteroatoms. The number of thiazole rings is 1. The van der Waals surface area contributed by atoms with Gasteiger partial charge in [-0.05, 0) is 42.2 Å². The first-order valence-corrected chi connectivity index (χ1v) is 14.6. The van der Waals surface area contributed by atoms with E-state index in [2.05, 4.69) is 24.7 Å². The summed E-state index contributed by atoms with van der Waals surface area (Å²) in [5.74, 6) is -0.624. The standard InChI is InChI=1S/C26H25FN6O4S2/c1-2-3-13-33-23-21(24(34)31-26(33)35)29-22(30-23)19(15-17-6-4-5-7-20(17)27)16-8-10-18(11-9-16)39(36,37)32-25-28-12-14-38-25/h4-12,14,19H,2-3,13,15H2,1H3,(H,28,32)(H,29,30)(H,31,34,35).